The van der Waals surface area contributed by atoms with E-state index in [4.69, 9.17) is 9.47 Å². The third-order valence-electron chi connectivity index (χ3n) is 6.00. The largest absolute Gasteiger partial charge is 0.507 e. The molecule has 4 rings (SSSR count). The lowest BCUT2D eigenvalue weighted by molar-refractivity contribution is -0.140. The fraction of sp³-hybridized carbons (Fsp3) is 0.241. The fourth-order valence-electron chi connectivity index (χ4n) is 4.33. The van der Waals surface area contributed by atoms with Crippen molar-refractivity contribution in [1.29, 1.82) is 0 Å². The maximum Gasteiger partial charge on any atom is 0.295 e. The van der Waals surface area contributed by atoms with Crippen LogP contribution in [0.3, 0.4) is 0 Å². The normalized spacial score (nSPS) is 17.1. The Morgan fingerprint density at radius 1 is 1.03 bits per heavy atom. The third-order valence-corrected chi connectivity index (χ3v) is 6.89. The van der Waals surface area contributed by atoms with Crippen molar-refractivity contribution in [1.82, 2.24) is 4.90 Å². The molecule has 6 nitrogen and oxygen atoms in total. The highest BCUT2D eigenvalue weighted by Gasteiger charge is 2.46. The quantitative estimate of drug-likeness (QED) is 0.216. The van der Waals surface area contributed by atoms with Gasteiger partial charge in [-0.15, -0.1) is 0 Å². The number of halogens is 1. The lowest BCUT2D eigenvalue weighted by Crippen LogP contribution is -2.29. The first kappa shape index (κ1) is 25.5. The van der Waals surface area contributed by atoms with Crippen molar-refractivity contribution in [2.24, 2.45) is 0 Å². The number of hydrogen-bond donors (Lipinski definition) is 1. The van der Waals surface area contributed by atoms with E-state index in [0.717, 1.165) is 15.6 Å². The van der Waals surface area contributed by atoms with Gasteiger partial charge in [0.15, 0.2) is 0 Å². The van der Waals surface area contributed by atoms with Crippen molar-refractivity contribution in [3.05, 3.63) is 99.0 Å². The van der Waals surface area contributed by atoms with E-state index in [0.29, 0.717) is 22.6 Å². The average molecular weight is 550 g/mol. The van der Waals surface area contributed by atoms with Gasteiger partial charge in [-0.25, -0.2) is 0 Å². The van der Waals surface area contributed by atoms with Crippen LogP contribution >= 0.6 is 15.9 Å². The van der Waals surface area contributed by atoms with Gasteiger partial charge < -0.3 is 19.5 Å². The number of likely N-dealkylation sites (tertiary alicyclic amines) is 1. The minimum atomic E-state index is -0.795. The van der Waals surface area contributed by atoms with Gasteiger partial charge in [0, 0.05) is 16.6 Å². The van der Waals surface area contributed by atoms with Crippen molar-refractivity contribution in [2.45, 2.75) is 39.5 Å². The third kappa shape index (κ3) is 5.16. The van der Waals surface area contributed by atoms with E-state index in [1.807, 2.05) is 75.4 Å². The molecule has 0 aromatic heterocycles. The summed E-state index contributed by atoms with van der Waals surface area (Å²) in [5.41, 5.74) is 2.88. The number of aliphatic hydroxyl groups is 1. The molecule has 0 aliphatic carbocycles. The molecule has 3 aromatic rings. The van der Waals surface area contributed by atoms with Crippen LogP contribution in [0.5, 0.6) is 11.5 Å². The van der Waals surface area contributed by atoms with Crippen molar-refractivity contribution in [3.8, 4) is 11.5 Å². The van der Waals surface area contributed by atoms with Gasteiger partial charge >= 0.3 is 0 Å². The Morgan fingerprint density at radius 2 is 1.75 bits per heavy atom. The predicted octanol–water partition coefficient (Wildman–Crippen LogP) is 6.18. The number of carbonyl (C=O) groups excluding carboxylic acids is 2. The van der Waals surface area contributed by atoms with Gasteiger partial charge in [-0.2, -0.15) is 0 Å². The molecule has 0 saturated carbocycles. The van der Waals surface area contributed by atoms with Crippen molar-refractivity contribution in [3.63, 3.8) is 0 Å². The van der Waals surface area contributed by atoms with E-state index < -0.39 is 17.7 Å². The van der Waals surface area contributed by atoms with Crippen LogP contribution in [-0.2, 0) is 16.1 Å². The van der Waals surface area contributed by atoms with Crippen molar-refractivity contribution < 1.29 is 24.2 Å². The molecule has 1 unspecified atom stereocenters. The van der Waals surface area contributed by atoms with Crippen LogP contribution in [-0.4, -0.2) is 34.9 Å². The summed E-state index contributed by atoms with van der Waals surface area (Å²) >= 11 is 3.47. The minimum absolute atomic E-state index is 0.0471. The second kappa shape index (κ2) is 10.6. The standard InChI is InChI=1S/C29H28BrNO5/c1-17(2)36-23-10-6-8-20(15-23)26-25(27(32)21-11-12-24(30)18(3)13-21)28(33)29(34)31(26)16-19-7-5-9-22(14-19)35-4/h5-15,17,26,32H,16H2,1-4H3/b27-25-. The first-order valence-corrected chi connectivity index (χ1v) is 12.4. The van der Waals surface area contributed by atoms with Crippen LogP contribution in [0.25, 0.3) is 5.76 Å². The molecule has 7 heteroatoms. The molecule has 0 spiro atoms. The number of amides is 1. The molecule has 1 aliphatic rings. The zero-order valence-corrected chi connectivity index (χ0v) is 22.2. The molecule has 1 saturated heterocycles. The summed E-state index contributed by atoms with van der Waals surface area (Å²) in [4.78, 5) is 28.2. The Kier molecular flexibility index (Phi) is 7.50. The zero-order valence-electron chi connectivity index (χ0n) is 20.6. The number of aryl methyl sites for hydroxylation is 1. The smallest absolute Gasteiger partial charge is 0.295 e. The fourth-order valence-corrected chi connectivity index (χ4v) is 4.58. The van der Waals surface area contributed by atoms with E-state index in [2.05, 4.69) is 15.9 Å². The van der Waals surface area contributed by atoms with Crippen LogP contribution in [0, 0.1) is 6.92 Å². The Bertz CT molecular complexity index is 1350. The molecule has 1 amide bonds. The number of Topliss-reactive ketones (excluding diaryl/α,β-unsaturated/α-hetero) is 1. The van der Waals surface area contributed by atoms with Crippen LogP contribution in [0.4, 0.5) is 0 Å². The molecule has 36 heavy (non-hydrogen) atoms. The Morgan fingerprint density at radius 3 is 2.44 bits per heavy atom. The first-order valence-electron chi connectivity index (χ1n) is 11.6. The van der Waals surface area contributed by atoms with Crippen LogP contribution in [0.1, 0.15) is 42.1 Å². The molecular formula is C29H28BrNO5. The summed E-state index contributed by atoms with van der Waals surface area (Å²) < 4.78 is 12.1. The highest BCUT2D eigenvalue weighted by Crippen LogP contribution is 2.41. The van der Waals surface area contributed by atoms with Gasteiger partial charge in [0.2, 0.25) is 0 Å². The second-order valence-corrected chi connectivity index (χ2v) is 9.84. The lowest BCUT2D eigenvalue weighted by atomic mass is 9.94. The number of benzene rings is 3. The van der Waals surface area contributed by atoms with Gasteiger partial charge in [-0.05, 0) is 73.9 Å². The maximum atomic E-state index is 13.4. The minimum Gasteiger partial charge on any atom is -0.507 e. The molecule has 186 valence electrons. The van der Waals surface area contributed by atoms with E-state index in [1.165, 1.54) is 4.90 Å². The number of aliphatic hydroxyl groups excluding tert-OH is 1. The predicted molar refractivity (Wildman–Crippen MR) is 142 cm³/mol. The average Bonchev–Trinajstić information content (AvgIpc) is 3.10. The maximum absolute atomic E-state index is 13.4. The number of ether oxygens (including phenoxy) is 2. The number of hydrogen-bond acceptors (Lipinski definition) is 5. The van der Waals surface area contributed by atoms with E-state index >= 15 is 0 Å². The summed E-state index contributed by atoms with van der Waals surface area (Å²) in [6.45, 7) is 5.92. The Balaban J connectivity index is 1.87. The van der Waals surface area contributed by atoms with E-state index in [-0.39, 0.29) is 24.0 Å². The summed E-state index contributed by atoms with van der Waals surface area (Å²) in [6, 6.07) is 19.2. The molecule has 1 heterocycles. The number of ketones is 1. The number of nitrogens with zero attached hydrogens (tertiary/aromatic N) is 1. The van der Waals surface area contributed by atoms with Gasteiger partial charge in [0.25, 0.3) is 11.7 Å². The summed E-state index contributed by atoms with van der Waals surface area (Å²) in [5.74, 6) is -0.339. The lowest BCUT2D eigenvalue weighted by Gasteiger charge is -2.26. The molecule has 1 atom stereocenters. The summed E-state index contributed by atoms with van der Waals surface area (Å²) in [6.07, 6.45) is -0.0471. The summed E-state index contributed by atoms with van der Waals surface area (Å²) in [7, 11) is 1.58. The SMILES string of the molecule is COc1cccc(CN2C(=O)C(=O)/C(=C(\O)c3ccc(Br)c(C)c3)C2c2cccc(OC(C)C)c2)c1. The highest BCUT2D eigenvalue weighted by molar-refractivity contribution is 9.10. The molecule has 0 bridgehead atoms. The number of methoxy groups -OCH3 is 1. The number of rotatable bonds is 7. The first-order chi connectivity index (χ1) is 17.2. The number of carbonyl (C=O) groups is 2. The Hall–Kier alpha value is -3.58. The second-order valence-electron chi connectivity index (χ2n) is 8.98. The van der Waals surface area contributed by atoms with Crippen molar-refractivity contribution >= 4 is 33.4 Å². The molecule has 3 aromatic carbocycles. The topological polar surface area (TPSA) is 76.1 Å². The highest BCUT2D eigenvalue weighted by atomic mass is 79.9. The molecule has 1 aliphatic heterocycles. The van der Waals surface area contributed by atoms with Gasteiger partial charge in [-0.1, -0.05) is 46.3 Å². The van der Waals surface area contributed by atoms with Gasteiger partial charge in [0.05, 0.1) is 24.8 Å². The van der Waals surface area contributed by atoms with Gasteiger partial charge in [0.1, 0.15) is 17.3 Å². The van der Waals surface area contributed by atoms with E-state index in [1.54, 1.807) is 19.2 Å². The van der Waals surface area contributed by atoms with Crippen LogP contribution in [0.15, 0.2) is 76.8 Å². The van der Waals surface area contributed by atoms with Crippen molar-refractivity contribution in [2.75, 3.05) is 7.11 Å². The van der Waals surface area contributed by atoms with E-state index in [9.17, 15) is 14.7 Å². The monoisotopic (exact) mass is 549 g/mol. The Labute approximate surface area is 219 Å². The molecule has 1 fully saturated rings. The van der Waals surface area contributed by atoms with Crippen LogP contribution in [0.2, 0.25) is 0 Å². The van der Waals surface area contributed by atoms with Gasteiger partial charge in [-0.3, -0.25) is 9.59 Å². The zero-order chi connectivity index (χ0) is 26.0. The molecule has 0 radical (unpaired) electrons. The molecular weight excluding hydrogens is 522 g/mol. The molecule has 1 N–H and O–H groups in total. The van der Waals surface area contributed by atoms with Crippen LogP contribution < -0.4 is 9.47 Å². The summed E-state index contributed by atoms with van der Waals surface area (Å²) in [5, 5.41) is 11.3.